The van der Waals surface area contributed by atoms with Gasteiger partial charge in [-0.2, -0.15) is 0 Å². The molecule has 2 N–H and O–H groups in total. The van der Waals surface area contributed by atoms with Crippen molar-refractivity contribution in [3.8, 4) is 17.2 Å². The van der Waals surface area contributed by atoms with Crippen molar-refractivity contribution in [2.45, 2.75) is 13.0 Å². The van der Waals surface area contributed by atoms with Gasteiger partial charge in [0.1, 0.15) is 11.3 Å². The van der Waals surface area contributed by atoms with E-state index >= 15 is 0 Å². The molecule has 0 aliphatic carbocycles. The highest BCUT2D eigenvalue weighted by Gasteiger charge is 2.19. The molecule has 0 radical (unpaired) electrons. The highest BCUT2D eigenvalue weighted by Crippen LogP contribution is 2.29. The lowest BCUT2D eigenvalue weighted by molar-refractivity contribution is -0.124. The van der Waals surface area contributed by atoms with Gasteiger partial charge in [-0.15, -0.1) is 0 Å². The molecular formula is C19H21NO6. The number of hydrogen-bond donors (Lipinski definition) is 2. The normalized spacial score (nSPS) is 11.3. The van der Waals surface area contributed by atoms with Gasteiger partial charge in [-0.05, 0) is 25.1 Å². The Morgan fingerprint density at radius 1 is 1.04 bits per heavy atom. The molecule has 1 atom stereocenters. The van der Waals surface area contributed by atoms with E-state index in [1.54, 1.807) is 26.2 Å². The van der Waals surface area contributed by atoms with Gasteiger partial charge in [0.25, 0.3) is 5.91 Å². The zero-order valence-corrected chi connectivity index (χ0v) is 14.8. The molecule has 1 unspecified atom stereocenters. The topological polar surface area (TPSA) is 94.1 Å². The maximum atomic E-state index is 12.1. The Balaban J connectivity index is 1.95. The zero-order valence-electron chi connectivity index (χ0n) is 14.8. The third kappa shape index (κ3) is 4.44. The van der Waals surface area contributed by atoms with Gasteiger partial charge in [-0.3, -0.25) is 4.79 Å². The second-order valence-electron chi connectivity index (χ2n) is 5.46. The minimum atomic E-state index is -0.818. The number of carbonyl (C=O) groups is 2. The number of esters is 1. The van der Waals surface area contributed by atoms with Crippen LogP contribution < -0.4 is 14.8 Å². The van der Waals surface area contributed by atoms with Crippen LogP contribution in [0.5, 0.6) is 17.2 Å². The summed E-state index contributed by atoms with van der Waals surface area (Å²) in [5.74, 6) is -0.823. The van der Waals surface area contributed by atoms with E-state index in [2.05, 4.69) is 5.32 Å². The van der Waals surface area contributed by atoms with Gasteiger partial charge in [-0.25, -0.2) is 4.79 Å². The first-order chi connectivity index (χ1) is 12.5. The number of methoxy groups -OCH3 is 2. The number of benzene rings is 2. The van der Waals surface area contributed by atoms with Crippen LogP contribution in [-0.4, -0.2) is 37.8 Å². The smallest absolute Gasteiger partial charge is 0.342 e. The number of ether oxygens (including phenoxy) is 3. The molecular weight excluding hydrogens is 338 g/mol. The van der Waals surface area contributed by atoms with E-state index in [1.807, 2.05) is 18.2 Å². The first kappa shape index (κ1) is 19.1. The van der Waals surface area contributed by atoms with Crippen molar-refractivity contribution in [3.63, 3.8) is 0 Å². The number of phenols is 1. The Bertz CT molecular complexity index is 789. The van der Waals surface area contributed by atoms with Gasteiger partial charge in [0, 0.05) is 5.56 Å². The van der Waals surface area contributed by atoms with Crippen molar-refractivity contribution >= 4 is 11.9 Å². The molecule has 0 saturated carbocycles. The Labute approximate surface area is 151 Å². The van der Waals surface area contributed by atoms with Crippen molar-refractivity contribution in [1.29, 1.82) is 0 Å². The van der Waals surface area contributed by atoms with E-state index in [0.717, 1.165) is 5.56 Å². The van der Waals surface area contributed by atoms with Gasteiger partial charge in [0.05, 0.1) is 20.3 Å². The number of amides is 1. The third-order valence-electron chi connectivity index (χ3n) is 3.76. The quantitative estimate of drug-likeness (QED) is 0.738. The Morgan fingerprint density at radius 3 is 2.38 bits per heavy atom. The van der Waals surface area contributed by atoms with Crippen molar-refractivity contribution < 1.29 is 28.9 Å². The summed E-state index contributed by atoms with van der Waals surface area (Å²) in [5, 5.41) is 12.7. The average Bonchev–Trinajstić information content (AvgIpc) is 2.66. The van der Waals surface area contributed by atoms with Crippen LogP contribution in [0.1, 0.15) is 28.9 Å². The lowest BCUT2D eigenvalue weighted by atomic mass is 10.1. The molecule has 0 aliphatic heterocycles. The van der Waals surface area contributed by atoms with Crippen molar-refractivity contribution in [2.75, 3.05) is 20.8 Å². The van der Waals surface area contributed by atoms with E-state index < -0.39 is 18.5 Å². The SMILES string of the molecule is COc1ccccc1C(C)NC(=O)COC(=O)c1cccc(OC)c1O. The number of para-hydroxylation sites is 2. The first-order valence-corrected chi connectivity index (χ1v) is 7.93. The van der Waals surface area contributed by atoms with Crippen molar-refractivity contribution in [2.24, 2.45) is 0 Å². The maximum absolute atomic E-state index is 12.1. The molecule has 0 fully saturated rings. The van der Waals surface area contributed by atoms with Crippen molar-refractivity contribution in [1.82, 2.24) is 5.32 Å². The molecule has 0 aromatic heterocycles. The summed E-state index contributed by atoms with van der Waals surface area (Å²) in [6.45, 7) is 1.32. The second kappa shape index (κ2) is 8.75. The average molecular weight is 359 g/mol. The standard InChI is InChI=1S/C19H21NO6/c1-12(13-7-4-5-9-15(13)24-2)20-17(21)11-26-19(23)14-8-6-10-16(25-3)18(14)22/h4-10,12,22H,11H2,1-3H3,(H,20,21). The Hall–Kier alpha value is -3.22. The van der Waals surface area contributed by atoms with E-state index in [0.29, 0.717) is 5.75 Å². The van der Waals surface area contributed by atoms with Crippen LogP contribution in [0.25, 0.3) is 0 Å². The summed E-state index contributed by atoms with van der Waals surface area (Å²) < 4.78 is 15.2. The minimum absolute atomic E-state index is 0.0741. The van der Waals surface area contributed by atoms with E-state index in [-0.39, 0.29) is 23.1 Å². The van der Waals surface area contributed by atoms with Crippen molar-refractivity contribution in [3.05, 3.63) is 53.6 Å². The molecule has 2 aromatic carbocycles. The molecule has 0 spiro atoms. The van der Waals surface area contributed by atoms with Crippen LogP contribution in [0, 0.1) is 0 Å². The minimum Gasteiger partial charge on any atom is -0.504 e. The molecule has 138 valence electrons. The Kier molecular flexibility index (Phi) is 6.43. The van der Waals surface area contributed by atoms with Crippen LogP contribution in [0.15, 0.2) is 42.5 Å². The molecule has 0 heterocycles. The summed E-state index contributed by atoms with van der Waals surface area (Å²) >= 11 is 0. The number of hydrogen-bond acceptors (Lipinski definition) is 6. The summed E-state index contributed by atoms with van der Waals surface area (Å²) in [6.07, 6.45) is 0. The van der Waals surface area contributed by atoms with Crippen LogP contribution >= 0.6 is 0 Å². The maximum Gasteiger partial charge on any atom is 0.342 e. The predicted molar refractivity (Wildman–Crippen MR) is 94.5 cm³/mol. The number of carbonyl (C=O) groups excluding carboxylic acids is 2. The molecule has 7 heteroatoms. The summed E-state index contributed by atoms with van der Waals surface area (Å²) in [4.78, 5) is 24.1. The molecule has 0 aliphatic rings. The number of phenolic OH excluding ortho intramolecular Hbond substituents is 1. The third-order valence-corrected chi connectivity index (χ3v) is 3.76. The van der Waals surface area contributed by atoms with E-state index in [4.69, 9.17) is 14.2 Å². The summed E-state index contributed by atoms with van der Waals surface area (Å²) in [6, 6.07) is 11.4. The van der Waals surface area contributed by atoms with Gasteiger partial charge in [-0.1, -0.05) is 24.3 Å². The molecule has 0 bridgehead atoms. The first-order valence-electron chi connectivity index (χ1n) is 7.93. The predicted octanol–water partition coefficient (Wildman–Crippen LogP) is 2.44. The van der Waals surface area contributed by atoms with Gasteiger partial charge in [0.15, 0.2) is 18.1 Å². The van der Waals surface area contributed by atoms with Gasteiger partial charge >= 0.3 is 5.97 Å². The van der Waals surface area contributed by atoms with Crippen LogP contribution in [0.3, 0.4) is 0 Å². The van der Waals surface area contributed by atoms with Crippen LogP contribution in [-0.2, 0) is 9.53 Å². The lowest BCUT2D eigenvalue weighted by Crippen LogP contribution is -2.31. The molecule has 0 saturated heterocycles. The highest BCUT2D eigenvalue weighted by atomic mass is 16.5. The zero-order chi connectivity index (χ0) is 19.1. The fourth-order valence-corrected chi connectivity index (χ4v) is 2.45. The number of nitrogens with one attached hydrogen (secondary N) is 1. The van der Waals surface area contributed by atoms with E-state index in [1.165, 1.54) is 19.2 Å². The van der Waals surface area contributed by atoms with Gasteiger partial charge < -0.3 is 24.6 Å². The summed E-state index contributed by atoms with van der Waals surface area (Å²) in [7, 11) is 2.92. The molecule has 2 aromatic rings. The fourth-order valence-electron chi connectivity index (χ4n) is 2.45. The largest absolute Gasteiger partial charge is 0.504 e. The molecule has 2 rings (SSSR count). The van der Waals surface area contributed by atoms with Crippen LogP contribution in [0.4, 0.5) is 0 Å². The highest BCUT2D eigenvalue weighted by molar-refractivity contribution is 5.94. The monoisotopic (exact) mass is 359 g/mol. The second-order valence-corrected chi connectivity index (χ2v) is 5.46. The fraction of sp³-hybridized carbons (Fsp3) is 0.263. The summed E-state index contributed by atoms with van der Waals surface area (Å²) in [5.41, 5.74) is 0.732. The number of rotatable bonds is 7. The van der Waals surface area contributed by atoms with Crippen LogP contribution in [0.2, 0.25) is 0 Å². The Morgan fingerprint density at radius 2 is 1.69 bits per heavy atom. The lowest BCUT2D eigenvalue weighted by Gasteiger charge is -2.17. The molecule has 1 amide bonds. The molecule has 7 nitrogen and oxygen atoms in total. The number of aromatic hydroxyl groups is 1. The van der Waals surface area contributed by atoms with E-state index in [9.17, 15) is 14.7 Å². The molecule has 26 heavy (non-hydrogen) atoms. The van der Waals surface area contributed by atoms with Gasteiger partial charge in [0.2, 0.25) is 0 Å².